The Morgan fingerprint density at radius 3 is 1.56 bits per heavy atom. The molecule has 0 unspecified atom stereocenters. The molecule has 2 heterocycles. The van der Waals surface area contributed by atoms with Gasteiger partial charge in [0, 0.05) is 21.6 Å². The maximum absolute atomic E-state index is 9.79. The molecule has 0 amide bonds. The van der Waals surface area contributed by atoms with Gasteiger partial charge in [0.2, 0.25) is 12.4 Å². The second kappa shape index (κ2) is 3.06. The molecule has 16 heavy (non-hydrogen) atoms. The first kappa shape index (κ1) is 8.91. The summed E-state index contributed by atoms with van der Waals surface area (Å²) in [6.45, 7) is 0. The van der Waals surface area contributed by atoms with E-state index < -0.39 is 0 Å². The summed E-state index contributed by atoms with van der Waals surface area (Å²) in [5.74, 6) is 0. The van der Waals surface area contributed by atoms with Gasteiger partial charge in [-0.1, -0.05) is 0 Å². The van der Waals surface area contributed by atoms with Crippen molar-refractivity contribution in [2.45, 2.75) is 0 Å². The van der Waals surface area contributed by atoms with Gasteiger partial charge in [-0.25, -0.2) is 0 Å². The van der Waals surface area contributed by atoms with Crippen molar-refractivity contribution in [2.24, 2.45) is 0 Å². The van der Waals surface area contributed by atoms with E-state index in [-0.39, 0.29) is 0 Å². The molecular formula is C12H10N2O2+2. The average Bonchev–Trinajstić information content (AvgIpc) is 2.29. The van der Waals surface area contributed by atoms with Gasteiger partial charge in [-0.15, -0.1) is 0 Å². The van der Waals surface area contributed by atoms with Crippen molar-refractivity contribution in [3.05, 3.63) is 48.8 Å². The smallest absolute Gasteiger partial charge is 0.284 e. The molecule has 2 N–H and O–H groups in total. The van der Waals surface area contributed by atoms with Crippen molar-refractivity contribution in [3.8, 4) is 0 Å². The van der Waals surface area contributed by atoms with Crippen LogP contribution in [-0.2, 0) is 0 Å². The van der Waals surface area contributed by atoms with Crippen molar-refractivity contribution in [3.63, 3.8) is 0 Å². The highest BCUT2D eigenvalue weighted by molar-refractivity contribution is 5.98. The molecule has 0 fully saturated rings. The molecule has 0 atom stereocenters. The van der Waals surface area contributed by atoms with E-state index in [0.29, 0.717) is 11.0 Å². The van der Waals surface area contributed by atoms with E-state index in [4.69, 9.17) is 0 Å². The number of pyridine rings is 2. The molecule has 3 rings (SSSR count). The quantitative estimate of drug-likeness (QED) is 0.334. The van der Waals surface area contributed by atoms with Crippen LogP contribution in [0.4, 0.5) is 0 Å². The molecule has 0 saturated heterocycles. The van der Waals surface area contributed by atoms with Crippen LogP contribution >= 0.6 is 0 Å². The zero-order valence-electron chi connectivity index (χ0n) is 8.41. The first-order chi connectivity index (χ1) is 7.77. The van der Waals surface area contributed by atoms with Gasteiger partial charge in [0.25, 0.3) is 0 Å². The SMILES string of the molecule is O[n+]1cccc2ccc3ccc[n+](O)c3c21. The molecule has 0 bridgehead atoms. The Morgan fingerprint density at radius 1 is 0.688 bits per heavy atom. The molecule has 0 aliphatic heterocycles. The molecule has 78 valence electrons. The van der Waals surface area contributed by atoms with Crippen molar-refractivity contribution >= 4 is 21.8 Å². The number of aromatic nitrogens is 2. The summed E-state index contributed by atoms with van der Waals surface area (Å²) >= 11 is 0. The molecule has 3 aromatic rings. The highest BCUT2D eigenvalue weighted by Crippen LogP contribution is 2.18. The molecule has 0 radical (unpaired) electrons. The van der Waals surface area contributed by atoms with E-state index in [1.54, 1.807) is 12.1 Å². The lowest BCUT2D eigenvalue weighted by Gasteiger charge is -1.96. The molecular weight excluding hydrogens is 204 g/mol. The number of hydrogen-bond donors (Lipinski definition) is 2. The largest absolute Gasteiger partial charge is 0.340 e. The van der Waals surface area contributed by atoms with Crippen LogP contribution in [0.2, 0.25) is 0 Å². The average molecular weight is 214 g/mol. The maximum Gasteiger partial charge on any atom is 0.340 e. The molecule has 4 nitrogen and oxygen atoms in total. The fraction of sp³-hybridized carbons (Fsp3) is 0. The summed E-state index contributed by atoms with van der Waals surface area (Å²) in [7, 11) is 0. The van der Waals surface area contributed by atoms with Crippen LogP contribution in [0.3, 0.4) is 0 Å². The lowest BCUT2D eigenvalue weighted by molar-refractivity contribution is -0.899. The standard InChI is InChI=1S/C12H10N2O2/c15-13-7-1-3-9-5-6-10-4-2-8-14(16)12(10)11(9)13/h1-8,15-16H/q+2. The molecule has 0 aliphatic carbocycles. The highest BCUT2D eigenvalue weighted by atomic mass is 16.5. The lowest BCUT2D eigenvalue weighted by Crippen LogP contribution is -2.36. The van der Waals surface area contributed by atoms with E-state index in [0.717, 1.165) is 20.2 Å². The zero-order valence-corrected chi connectivity index (χ0v) is 8.41. The number of hydrogen-bond acceptors (Lipinski definition) is 2. The van der Waals surface area contributed by atoms with Gasteiger partial charge in [-0.3, -0.25) is 10.4 Å². The molecule has 2 aromatic heterocycles. The van der Waals surface area contributed by atoms with Crippen molar-refractivity contribution in [1.82, 2.24) is 0 Å². The predicted octanol–water partition coefficient (Wildman–Crippen LogP) is 1.04. The fourth-order valence-corrected chi connectivity index (χ4v) is 1.97. The Labute approximate surface area is 91.2 Å². The Morgan fingerprint density at radius 2 is 1.12 bits per heavy atom. The van der Waals surface area contributed by atoms with Crippen molar-refractivity contribution in [2.75, 3.05) is 0 Å². The van der Waals surface area contributed by atoms with Crippen molar-refractivity contribution in [1.29, 1.82) is 0 Å². The van der Waals surface area contributed by atoms with Crippen LogP contribution in [0.1, 0.15) is 0 Å². The third-order valence-corrected chi connectivity index (χ3v) is 2.68. The van der Waals surface area contributed by atoms with E-state index in [1.165, 1.54) is 12.4 Å². The molecule has 0 saturated carbocycles. The lowest BCUT2D eigenvalue weighted by atomic mass is 10.1. The highest BCUT2D eigenvalue weighted by Gasteiger charge is 2.21. The third kappa shape index (κ3) is 1.10. The molecule has 0 spiro atoms. The molecule has 1 aromatic carbocycles. The van der Waals surface area contributed by atoms with Gasteiger partial charge in [0.05, 0.1) is 10.8 Å². The van der Waals surface area contributed by atoms with E-state index in [1.807, 2.05) is 24.3 Å². The monoisotopic (exact) mass is 214 g/mol. The first-order valence-corrected chi connectivity index (χ1v) is 4.93. The predicted molar refractivity (Wildman–Crippen MR) is 56.2 cm³/mol. The Hall–Kier alpha value is -2.36. The van der Waals surface area contributed by atoms with Gasteiger partial charge >= 0.3 is 11.0 Å². The minimum Gasteiger partial charge on any atom is -0.284 e. The summed E-state index contributed by atoms with van der Waals surface area (Å²) in [5.41, 5.74) is 1.17. The zero-order chi connectivity index (χ0) is 11.1. The second-order valence-corrected chi connectivity index (χ2v) is 3.65. The Balaban J connectivity index is 2.67. The Kier molecular flexibility index (Phi) is 1.71. The van der Waals surface area contributed by atoms with Gasteiger partial charge in [0.15, 0.2) is 0 Å². The van der Waals surface area contributed by atoms with Gasteiger partial charge in [-0.05, 0) is 24.3 Å². The van der Waals surface area contributed by atoms with E-state index >= 15 is 0 Å². The molecule has 4 heteroatoms. The van der Waals surface area contributed by atoms with Crippen LogP contribution in [-0.4, -0.2) is 10.4 Å². The number of rotatable bonds is 0. The minimum atomic E-state index is 0.586. The number of nitrogens with zero attached hydrogens (tertiary/aromatic N) is 2. The van der Waals surface area contributed by atoms with Crippen LogP contribution < -0.4 is 9.46 Å². The van der Waals surface area contributed by atoms with Gasteiger partial charge in [0.1, 0.15) is 0 Å². The second-order valence-electron chi connectivity index (χ2n) is 3.65. The fourth-order valence-electron chi connectivity index (χ4n) is 1.97. The normalized spacial score (nSPS) is 11.0. The Bertz CT molecular complexity index is 634. The topological polar surface area (TPSA) is 48.2 Å². The number of fused-ring (bicyclic) bond motifs is 3. The number of benzene rings is 1. The van der Waals surface area contributed by atoms with Crippen LogP contribution in [0.25, 0.3) is 21.8 Å². The summed E-state index contributed by atoms with van der Waals surface area (Å²) in [6, 6.07) is 11.1. The van der Waals surface area contributed by atoms with Gasteiger partial charge < -0.3 is 0 Å². The van der Waals surface area contributed by atoms with E-state index in [9.17, 15) is 10.4 Å². The minimum absolute atomic E-state index is 0.586. The summed E-state index contributed by atoms with van der Waals surface area (Å²) in [4.78, 5) is 0. The van der Waals surface area contributed by atoms with Crippen LogP contribution in [0.15, 0.2) is 48.8 Å². The van der Waals surface area contributed by atoms with Crippen LogP contribution in [0, 0.1) is 0 Å². The summed E-state index contributed by atoms with van der Waals surface area (Å²) in [5, 5.41) is 21.3. The molecule has 0 aliphatic rings. The summed E-state index contributed by atoms with van der Waals surface area (Å²) < 4.78 is 2.04. The third-order valence-electron chi connectivity index (χ3n) is 2.68. The maximum atomic E-state index is 9.79. The van der Waals surface area contributed by atoms with Crippen molar-refractivity contribution < 1.29 is 19.9 Å². The van der Waals surface area contributed by atoms with E-state index in [2.05, 4.69) is 0 Å². The van der Waals surface area contributed by atoms with Crippen LogP contribution in [0.5, 0.6) is 0 Å². The summed E-state index contributed by atoms with van der Waals surface area (Å²) in [6.07, 6.45) is 3.07. The first-order valence-electron chi connectivity index (χ1n) is 4.93. The van der Waals surface area contributed by atoms with Gasteiger partial charge in [-0.2, -0.15) is 0 Å².